The van der Waals surface area contributed by atoms with Gasteiger partial charge in [0.1, 0.15) is 0 Å². The van der Waals surface area contributed by atoms with Crippen LogP contribution in [0.5, 0.6) is 11.5 Å². The molecule has 3 rings (SSSR count). The number of benzene rings is 2. The van der Waals surface area contributed by atoms with Crippen molar-refractivity contribution >= 4 is 33.2 Å². The Balaban J connectivity index is 2.14. The highest BCUT2D eigenvalue weighted by Crippen LogP contribution is 2.38. The Morgan fingerprint density at radius 2 is 1.88 bits per heavy atom. The monoisotopic (exact) mass is 490 g/mol. The van der Waals surface area contributed by atoms with Crippen LogP contribution in [0.25, 0.3) is 0 Å². The van der Waals surface area contributed by atoms with E-state index in [-0.39, 0.29) is 16.8 Å². The van der Waals surface area contributed by atoms with Gasteiger partial charge in [0.25, 0.3) is 11.8 Å². The van der Waals surface area contributed by atoms with Crippen molar-refractivity contribution in [3.05, 3.63) is 53.1 Å². The SMILES string of the molecule is CCOc1cc(C(CS(=O)(=O)CCO)N2C(=O)c3cccc(NC(C)=O)c3C2=O)ccc1OC. The van der Waals surface area contributed by atoms with E-state index in [2.05, 4.69) is 5.32 Å². The molecule has 1 aliphatic rings. The first kappa shape index (κ1) is 25.2. The van der Waals surface area contributed by atoms with Crippen LogP contribution < -0.4 is 14.8 Å². The molecule has 0 bridgehead atoms. The van der Waals surface area contributed by atoms with Gasteiger partial charge in [0.15, 0.2) is 21.3 Å². The Hall–Kier alpha value is -3.44. The summed E-state index contributed by atoms with van der Waals surface area (Å²) >= 11 is 0. The minimum atomic E-state index is -3.86. The van der Waals surface area contributed by atoms with Crippen molar-refractivity contribution in [3.8, 4) is 11.5 Å². The van der Waals surface area contributed by atoms with Gasteiger partial charge in [-0.15, -0.1) is 0 Å². The normalized spacial score (nSPS) is 14.1. The summed E-state index contributed by atoms with van der Waals surface area (Å²) < 4.78 is 36.2. The minimum Gasteiger partial charge on any atom is -0.493 e. The van der Waals surface area contributed by atoms with E-state index in [0.717, 1.165) is 4.90 Å². The summed E-state index contributed by atoms with van der Waals surface area (Å²) in [6.07, 6.45) is 0. The number of imide groups is 1. The molecule has 0 saturated heterocycles. The third-order valence-corrected chi connectivity index (χ3v) is 6.88. The van der Waals surface area contributed by atoms with Gasteiger partial charge in [-0.05, 0) is 36.8 Å². The first-order valence-electron chi connectivity index (χ1n) is 10.5. The number of ether oxygens (including phenoxy) is 2. The van der Waals surface area contributed by atoms with E-state index in [1.165, 1.54) is 38.3 Å². The molecule has 1 heterocycles. The number of aliphatic hydroxyl groups is 1. The molecule has 1 atom stereocenters. The first-order chi connectivity index (χ1) is 16.1. The summed E-state index contributed by atoms with van der Waals surface area (Å²) in [7, 11) is -2.41. The van der Waals surface area contributed by atoms with Crippen molar-refractivity contribution in [2.75, 3.05) is 37.1 Å². The van der Waals surface area contributed by atoms with Crippen LogP contribution in [-0.2, 0) is 14.6 Å². The van der Waals surface area contributed by atoms with Crippen molar-refractivity contribution in [2.24, 2.45) is 0 Å². The number of hydrogen-bond donors (Lipinski definition) is 2. The highest BCUT2D eigenvalue weighted by atomic mass is 32.2. The van der Waals surface area contributed by atoms with Gasteiger partial charge in [-0.2, -0.15) is 0 Å². The molecule has 1 aliphatic heterocycles. The van der Waals surface area contributed by atoms with E-state index < -0.39 is 51.7 Å². The second kappa shape index (κ2) is 10.2. The number of hydrogen-bond acceptors (Lipinski definition) is 8. The summed E-state index contributed by atoms with van der Waals surface area (Å²) in [6.45, 7) is 2.75. The molecule has 0 saturated carbocycles. The summed E-state index contributed by atoms with van der Waals surface area (Å²) in [6, 6.07) is 7.90. The lowest BCUT2D eigenvalue weighted by Crippen LogP contribution is -2.38. The summed E-state index contributed by atoms with van der Waals surface area (Å²) in [5.41, 5.74) is 0.541. The number of rotatable bonds is 10. The van der Waals surface area contributed by atoms with Crippen molar-refractivity contribution in [3.63, 3.8) is 0 Å². The van der Waals surface area contributed by atoms with Crippen LogP contribution in [0, 0.1) is 0 Å². The Labute approximate surface area is 197 Å². The minimum absolute atomic E-state index is 0.00852. The van der Waals surface area contributed by atoms with Crippen LogP contribution in [0.15, 0.2) is 36.4 Å². The van der Waals surface area contributed by atoms with Gasteiger partial charge in [-0.1, -0.05) is 12.1 Å². The maximum Gasteiger partial charge on any atom is 0.264 e. The fourth-order valence-electron chi connectivity index (χ4n) is 3.83. The number of fused-ring (bicyclic) bond motifs is 1. The molecule has 182 valence electrons. The number of anilines is 1. The lowest BCUT2D eigenvalue weighted by molar-refractivity contribution is -0.114. The average molecular weight is 491 g/mol. The van der Waals surface area contributed by atoms with Gasteiger partial charge >= 0.3 is 0 Å². The Morgan fingerprint density at radius 1 is 1.15 bits per heavy atom. The molecule has 3 amide bonds. The molecule has 2 aromatic rings. The molecular weight excluding hydrogens is 464 g/mol. The third-order valence-electron chi connectivity index (χ3n) is 5.26. The maximum atomic E-state index is 13.5. The predicted molar refractivity (Wildman–Crippen MR) is 124 cm³/mol. The van der Waals surface area contributed by atoms with E-state index in [9.17, 15) is 27.9 Å². The quantitative estimate of drug-likeness (QED) is 0.481. The third kappa shape index (κ3) is 5.05. The molecule has 10 nitrogen and oxygen atoms in total. The van der Waals surface area contributed by atoms with Crippen molar-refractivity contribution in [2.45, 2.75) is 19.9 Å². The molecule has 1 unspecified atom stereocenters. The van der Waals surface area contributed by atoms with Crippen LogP contribution in [0.4, 0.5) is 5.69 Å². The van der Waals surface area contributed by atoms with Gasteiger partial charge in [-0.3, -0.25) is 19.3 Å². The number of methoxy groups -OCH3 is 1. The number of nitrogens with zero attached hydrogens (tertiary/aromatic N) is 1. The second-order valence-electron chi connectivity index (χ2n) is 7.59. The van der Waals surface area contributed by atoms with Gasteiger partial charge < -0.3 is 19.9 Å². The molecular formula is C23H26N2O8S. The molecule has 11 heteroatoms. The standard InChI is InChI=1S/C23H26N2O8S/c1-4-33-20-12-15(8-9-19(20)32-3)18(13-34(30,31)11-10-26)25-22(28)16-6-5-7-17(24-14(2)27)21(16)23(25)29/h5-9,12,18,26H,4,10-11,13H2,1-3H3,(H,24,27). The molecule has 0 aromatic heterocycles. The van der Waals surface area contributed by atoms with Gasteiger partial charge in [-0.25, -0.2) is 8.42 Å². The number of carbonyl (C=O) groups is 3. The summed E-state index contributed by atoms with van der Waals surface area (Å²) in [5, 5.41) is 11.7. The number of amides is 3. The van der Waals surface area contributed by atoms with Crippen molar-refractivity contribution in [1.82, 2.24) is 4.90 Å². The molecule has 2 N–H and O–H groups in total. The fourth-order valence-corrected chi connectivity index (χ4v) is 5.10. The lowest BCUT2D eigenvalue weighted by Gasteiger charge is -2.27. The molecule has 34 heavy (non-hydrogen) atoms. The Kier molecular flexibility index (Phi) is 7.57. The van der Waals surface area contributed by atoms with Crippen molar-refractivity contribution in [1.29, 1.82) is 0 Å². The number of nitrogens with one attached hydrogen (secondary N) is 1. The van der Waals surface area contributed by atoms with E-state index in [1.54, 1.807) is 19.1 Å². The number of carbonyl (C=O) groups excluding carboxylic acids is 3. The zero-order valence-electron chi connectivity index (χ0n) is 19.0. The molecule has 0 aliphatic carbocycles. The van der Waals surface area contributed by atoms with Crippen LogP contribution in [0.2, 0.25) is 0 Å². The fraction of sp³-hybridized carbons (Fsp3) is 0.348. The Morgan fingerprint density at radius 3 is 2.50 bits per heavy atom. The average Bonchev–Trinajstić information content (AvgIpc) is 3.03. The van der Waals surface area contributed by atoms with E-state index in [1.807, 2.05) is 0 Å². The highest BCUT2D eigenvalue weighted by molar-refractivity contribution is 7.91. The molecule has 0 spiro atoms. The summed E-state index contributed by atoms with van der Waals surface area (Å²) in [5.74, 6) is -2.26. The van der Waals surface area contributed by atoms with Gasteiger partial charge in [0.2, 0.25) is 5.91 Å². The first-order valence-corrected chi connectivity index (χ1v) is 12.4. The number of sulfone groups is 1. The zero-order chi connectivity index (χ0) is 25.0. The molecule has 2 aromatic carbocycles. The van der Waals surface area contributed by atoms with E-state index >= 15 is 0 Å². The van der Waals surface area contributed by atoms with E-state index in [4.69, 9.17) is 9.47 Å². The zero-order valence-corrected chi connectivity index (χ0v) is 19.8. The van der Waals surface area contributed by atoms with Crippen molar-refractivity contribution < 1.29 is 37.4 Å². The van der Waals surface area contributed by atoms with E-state index in [0.29, 0.717) is 23.7 Å². The second-order valence-corrected chi connectivity index (χ2v) is 9.82. The summed E-state index contributed by atoms with van der Waals surface area (Å²) in [4.78, 5) is 39.3. The van der Waals surface area contributed by atoms with Crippen LogP contribution in [0.1, 0.15) is 46.2 Å². The molecule has 0 radical (unpaired) electrons. The predicted octanol–water partition coefficient (Wildman–Crippen LogP) is 1.80. The smallest absolute Gasteiger partial charge is 0.264 e. The maximum absolute atomic E-state index is 13.5. The highest BCUT2D eigenvalue weighted by Gasteiger charge is 2.43. The molecule has 0 fully saturated rings. The Bertz CT molecular complexity index is 1230. The van der Waals surface area contributed by atoms with Gasteiger partial charge in [0.05, 0.1) is 54.7 Å². The van der Waals surface area contributed by atoms with Crippen LogP contribution in [0.3, 0.4) is 0 Å². The van der Waals surface area contributed by atoms with Crippen LogP contribution in [-0.4, -0.2) is 68.0 Å². The largest absolute Gasteiger partial charge is 0.493 e. The van der Waals surface area contributed by atoms with Crippen LogP contribution >= 0.6 is 0 Å². The number of aliphatic hydroxyl groups excluding tert-OH is 1. The lowest BCUT2D eigenvalue weighted by atomic mass is 10.1. The topological polar surface area (TPSA) is 139 Å². The van der Waals surface area contributed by atoms with Gasteiger partial charge in [0, 0.05) is 6.92 Å².